The second-order valence-corrected chi connectivity index (χ2v) is 15.6. The highest BCUT2D eigenvalue weighted by molar-refractivity contribution is 14.1. The minimum absolute atomic E-state index is 0.122. The van der Waals surface area contributed by atoms with Crippen molar-refractivity contribution in [3.63, 3.8) is 0 Å². The maximum absolute atomic E-state index is 6.38. The van der Waals surface area contributed by atoms with E-state index in [9.17, 15) is 0 Å². The van der Waals surface area contributed by atoms with E-state index in [0.29, 0.717) is 18.8 Å². The molecule has 1 unspecified atom stereocenters. The van der Waals surface area contributed by atoms with E-state index in [4.69, 9.17) is 19.9 Å². The molecule has 0 amide bonds. The SMILES string of the molecule is CN(C)C=Nc1ncnc2c1c(I)cn2[C@H]1CC(ON)[C@@H](CO[Si](C)(C)C(C)(C)C)O1. The van der Waals surface area contributed by atoms with Gasteiger partial charge in [0.1, 0.15) is 30.4 Å². The van der Waals surface area contributed by atoms with Gasteiger partial charge in [0.2, 0.25) is 0 Å². The molecule has 172 valence electrons. The zero-order valence-corrected chi connectivity index (χ0v) is 22.5. The number of ether oxygens (including phenoxy) is 1. The van der Waals surface area contributed by atoms with Crippen molar-refractivity contribution < 1.29 is 14.0 Å². The molecule has 0 aliphatic carbocycles. The highest BCUT2D eigenvalue weighted by atomic mass is 127. The molecule has 31 heavy (non-hydrogen) atoms. The van der Waals surface area contributed by atoms with Crippen LogP contribution < -0.4 is 5.90 Å². The quantitative estimate of drug-likeness (QED) is 0.181. The Kier molecular flexibility index (Phi) is 7.43. The molecule has 0 saturated carbocycles. The Morgan fingerprint density at radius 2 is 2.10 bits per heavy atom. The van der Waals surface area contributed by atoms with E-state index >= 15 is 0 Å². The number of rotatable bonds is 7. The average Bonchev–Trinajstić information content (AvgIpc) is 3.25. The monoisotopic (exact) mass is 560 g/mol. The Bertz CT molecular complexity index is 943. The smallest absolute Gasteiger partial charge is 0.192 e. The molecule has 2 aromatic rings. The Labute approximate surface area is 198 Å². The van der Waals surface area contributed by atoms with Gasteiger partial charge in [-0.2, -0.15) is 0 Å². The number of hydrogen-bond acceptors (Lipinski definition) is 7. The van der Waals surface area contributed by atoms with Crippen LogP contribution >= 0.6 is 22.6 Å². The van der Waals surface area contributed by atoms with Crippen molar-refractivity contribution in [1.29, 1.82) is 0 Å². The first-order valence-corrected chi connectivity index (χ1v) is 14.3. The molecule has 1 saturated heterocycles. The fraction of sp³-hybridized carbons (Fsp3) is 0.650. The van der Waals surface area contributed by atoms with Gasteiger partial charge in [-0.05, 0) is 40.7 Å². The summed E-state index contributed by atoms with van der Waals surface area (Å²) in [5.74, 6) is 6.24. The molecule has 9 nitrogen and oxygen atoms in total. The predicted molar refractivity (Wildman–Crippen MR) is 133 cm³/mol. The first-order chi connectivity index (χ1) is 14.4. The van der Waals surface area contributed by atoms with Gasteiger partial charge in [-0.1, -0.05) is 20.8 Å². The summed E-state index contributed by atoms with van der Waals surface area (Å²) in [5, 5.41) is 1.02. The summed E-state index contributed by atoms with van der Waals surface area (Å²) in [6, 6.07) is 0. The van der Waals surface area contributed by atoms with Crippen molar-refractivity contribution in [3.05, 3.63) is 16.1 Å². The van der Waals surface area contributed by atoms with Crippen molar-refractivity contribution in [2.24, 2.45) is 10.9 Å². The third kappa shape index (κ3) is 5.28. The van der Waals surface area contributed by atoms with Crippen LogP contribution in [-0.2, 0) is 14.0 Å². The molecule has 3 atom stereocenters. The second kappa shape index (κ2) is 9.39. The zero-order chi connectivity index (χ0) is 23.0. The fourth-order valence-corrected chi connectivity index (χ4v) is 4.98. The second-order valence-electron chi connectivity index (χ2n) is 9.60. The first-order valence-electron chi connectivity index (χ1n) is 10.3. The molecule has 0 aromatic carbocycles. The molecule has 0 spiro atoms. The van der Waals surface area contributed by atoms with Gasteiger partial charge in [-0.15, -0.1) is 0 Å². The minimum Gasteiger partial charge on any atom is -0.414 e. The van der Waals surface area contributed by atoms with Crippen molar-refractivity contribution in [3.8, 4) is 0 Å². The van der Waals surface area contributed by atoms with Crippen LogP contribution in [0.4, 0.5) is 5.82 Å². The van der Waals surface area contributed by atoms with E-state index in [-0.39, 0.29) is 23.5 Å². The van der Waals surface area contributed by atoms with Crippen molar-refractivity contribution in [2.75, 3.05) is 20.7 Å². The van der Waals surface area contributed by atoms with E-state index in [1.165, 1.54) is 6.33 Å². The van der Waals surface area contributed by atoms with Crippen molar-refractivity contribution in [1.82, 2.24) is 19.4 Å². The molecule has 3 heterocycles. The van der Waals surface area contributed by atoms with Crippen LogP contribution in [0.25, 0.3) is 11.0 Å². The van der Waals surface area contributed by atoms with E-state index in [1.807, 2.05) is 29.8 Å². The normalized spacial score (nSPS) is 22.7. The Morgan fingerprint density at radius 3 is 2.71 bits per heavy atom. The lowest BCUT2D eigenvalue weighted by atomic mass is 10.2. The summed E-state index contributed by atoms with van der Waals surface area (Å²) in [6.45, 7) is 11.6. The molecule has 11 heteroatoms. The molecule has 0 bridgehead atoms. The number of aromatic nitrogens is 3. The van der Waals surface area contributed by atoms with Crippen LogP contribution in [0.2, 0.25) is 18.1 Å². The standard InChI is InChI=1S/C20H33IN6O3Si/c1-20(2,3)31(6,7)28-10-15-14(30-22)8-16(29-15)27-9-13(21)17-18(25-12-26(4)5)23-11-24-19(17)27/h9,11-12,14-16H,8,10,22H2,1-7H3/t14?,15-,16-/m1/s1. The van der Waals surface area contributed by atoms with Crippen LogP contribution in [-0.4, -0.2) is 67.0 Å². The third-order valence-electron chi connectivity index (χ3n) is 6.03. The molecule has 1 aliphatic rings. The summed E-state index contributed by atoms with van der Waals surface area (Å²) >= 11 is 2.28. The van der Waals surface area contributed by atoms with Gasteiger partial charge in [0.15, 0.2) is 14.1 Å². The number of nitrogens with two attached hydrogens (primary N) is 1. The van der Waals surface area contributed by atoms with Gasteiger partial charge >= 0.3 is 0 Å². The first kappa shape index (κ1) is 24.5. The summed E-state index contributed by atoms with van der Waals surface area (Å²) in [7, 11) is 1.93. The Balaban J connectivity index is 1.84. The maximum Gasteiger partial charge on any atom is 0.192 e. The largest absolute Gasteiger partial charge is 0.414 e. The Hall–Kier alpha value is -1.12. The molecule has 1 fully saturated rings. The number of aliphatic imine (C=N–C) groups is 1. The van der Waals surface area contributed by atoms with Gasteiger partial charge in [0.25, 0.3) is 0 Å². The highest BCUT2D eigenvalue weighted by Crippen LogP contribution is 2.39. The average molecular weight is 561 g/mol. The van der Waals surface area contributed by atoms with E-state index < -0.39 is 8.32 Å². The van der Waals surface area contributed by atoms with Gasteiger partial charge in [-0.25, -0.2) is 20.9 Å². The summed E-state index contributed by atoms with van der Waals surface area (Å²) in [5.41, 5.74) is 0.775. The molecular formula is C20H33IN6O3Si. The lowest BCUT2D eigenvalue weighted by Crippen LogP contribution is -2.44. The number of halogens is 1. The Morgan fingerprint density at radius 1 is 1.39 bits per heavy atom. The van der Waals surface area contributed by atoms with Crippen molar-refractivity contribution >= 4 is 54.1 Å². The van der Waals surface area contributed by atoms with Crippen LogP contribution in [0.3, 0.4) is 0 Å². The van der Waals surface area contributed by atoms with Crippen LogP contribution in [0, 0.1) is 3.57 Å². The summed E-state index contributed by atoms with van der Waals surface area (Å²) in [4.78, 5) is 20.5. The number of fused-ring (bicyclic) bond motifs is 1. The van der Waals surface area contributed by atoms with Crippen LogP contribution in [0.15, 0.2) is 17.5 Å². The maximum atomic E-state index is 6.38. The minimum atomic E-state index is -1.91. The van der Waals surface area contributed by atoms with Crippen LogP contribution in [0.5, 0.6) is 0 Å². The third-order valence-corrected chi connectivity index (χ3v) is 11.4. The van der Waals surface area contributed by atoms with E-state index in [0.717, 1.165) is 14.6 Å². The summed E-state index contributed by atoms with van der Waals surface area (Å²) < 4.78 is 15.8. The van der Waals surface area contributed by atoms with Gasteiger partial charge in [0, 0.05) is 30.3 Å². The van der Waals surface area contributed by atoms with Gasteiger partial charge in [0.05, 0.1) is 18.3 Å². The molecule has 1 aliphatic heterocycles. The number of hydrogen-bond donors (Lipinski definition) is 1. The molecule has 0 radical (unpaired) electrons. The molecular weight excluding hydrogens is 527 g/mol. The van der Waals surface area contributed by atoms with E-state index in [1.54, 1.807) is 6.34 Å². The van der Waals surface area contributed by atoms with Crippen molar-refractivity contribution in [2.45, 2.75) is 63.8 Å². The number of nitrogens with zero attached hydrogens (tertiary/aromatic N) is 5. The van der Waals surface area contributed by atoms with Gasteiger partial charge < -0.3 is 18.6 Å². The molecule has 2 aromatic heterocycles. The lowest BCUT2D eigenvalue weighted by Gasteiger charge is -2.37. The van der Waals surface area contributed by atoms with Crippen LogP contribution in [0.1, 0.15) is 33.4 Å². The zero-order valence-electron chi connectivity index (χ0n) is 19.3. The molecule has 2 N–H and O–H groups in total. The predicted octanol–water partition coefficient (Wildman–Crippen LogP) is 3.83. The topological polar surface area (TPSA) is 100 Å². The van der Waals surface area contributed by atoms with E-state index in [2.05, 4.69) is 71.4 Å². The van der Waals surface area contributed by atoms with Gasteiger partial charge in [-0.3, -0.25) is 4.84 Å². The molecule has 3 rings (SSSR count). The summed E-state index contributed by atoms with van der Waals surface area (Å²) in [6.07, 6.45) is 5.14. The lowest BCUT2D eigenvalue weighted by molar-refractivity contribution is -0.0586. The fourth-order valence-electron chi connectivity index (χ4n) is 3.18. The highest BCUT2D eigenvalue weighted by Gasteiger charge is 2.42.